The van der Waals surface area contributed by atoms with Crippen molar-refractivity contribution in [2.24, 2.45) is 5.73 Å². The molecule has 112 valence electrons. The minimum Gasteiger partial charge on any atom is -0.325 e. The van der Waals surface area contributed by atoms with Gasteiger partial charge < -0.3 is 5.73 Å². The highest BCUT2D eigenvalue weighted by Crippen LogP contribution is 2.29. The summed E-state index contributed by atoms with van der Waals surface area (Å²) in [5.41, 5.74) is 8.64. The Hall–Kier alpha value is -1.61. The summed E-state index contributed by atoms with van der Waals surface area (Å²) in [5.74, 6) is 0. The lowest BCUT2D eigenvalue weighted by Crippen LogP contribution is -2.41. The van der Waals surface area contributed by atoms with E-state index in [0.29, 0.717) is 6.04 Å². The summed E-state index contributed by atoms with van der Waals surface area (Å²) in [6, 6.07) is 13.2. The highest BCUT2D eigenvalue weighted by Gasteiger charge is 2.22. The number of benzene rings is 1. The third-order valence-electron chi connectivity index (χ3n) is 4.40. The van der Waals surface area contributed by atoms with Gasteiger partial charge in [-0.1, -0.05) is 43.2 Å². The third kappa shape index (κ3) is 3.73. The van der Waals surface area contributed by atoms with Gasteiger partial charge >= 0.3 is 0 Å². The van der Waals surface area contributed by atoms with E-state index in [0.717, 1.165) is 18.5 Å². The van der Waals surface area contributed by atoms with Crippen molar-refractivity contribution in [2.75, 3.05) is 0 Å². The highest BCUT2D eigenvalue weighted by atomic mass is 15.3. The molecule has 1 aliphatic carbocycles. The van der Waals surface area contributed by atoms with Crippen molar-refractivity contribution in [3.8, 4) is 0 Å². The summed E-state index contributed by atoms with van der Waals surface area (Å²) >= 11 is 0. The summed E-state index contributed by atoms with van der Waals surface area (Å²) in [6.45, 7) is 2.12. The van der Waals surface area contributed by atoms with Gasteiger partial charge in [-0.05, 0) is 37.8 Å². The maximum Gasteiger partial charge on any atom is 0.0643 e. The van der Waals surface area contributed by atoms with Crippen molar-refractivity contribution in [3.05, 3.63) is 53.9 Å². The van der Waals surface area contributed by atoms with E-state index in [9.17, 15) is 0 Å². The minimum absolute atomic E-state index is 0.254. The van der Waals surface area contributed by atoms with Crippen LogP contribution in [0.15, 0.2) is 42.6 Å². The smallest absolute Gasteiger partial charge is 0.0643 e. The summed E-state index contributed by atoms with van der Waals surface area (Å²) in [7, 11) is 0. The Balaban J connectivity index is 1.64. The van der Waals surface area contributed by atoms with Crippen LogP contribution in [0.4, 0.5) is 0 Å². The topological polar surface area (TPSA) is 43.8 Å². The lowest BCUT2D eigenvalue weighted by Gasteiger charge is -2.24. The second-order valence-corrected chi connectivity index (χ2v) is 6.72. The van der Waals surface area contributed by atoms with Crippen LogP contribution in [0.3, 0.4) is 0 Å². The first-order valence-electron chi connectivity index (χ1n) is 7.99. The molecule has 3 heteroatoms. The van der Waals surface area contributed by atoms with Crippen molar-refractivity contribution in [1.29, 1.82) is 0 Å². The Bertz CT molecular complexity index is 565. The average molecular weight is 283 g/mol. The number of hydrogen-bond acceptors (Lipinski definition) is 2. The van der Waals surface area contributed by atoms with Crippen molar-refractivity contribution in [1.82, 2.24) is 9.78 Å². The molecule has 0 bridgehead atoms. The average Bonchev–Trinajstić information content (AvgIpc) is 3.09. The van der Waals surface area contributed by atoms with E-state index in [2.05, 4.69) is 48.1 Å². The molecule has 1 aromatic heterocycles. The monoisotopic (exact) mass is 283 g/mol. The molecule has 0 saturated heterocycles. The summed E-state index contributed by atoms with van der Waals surface area (Å²) < 4.78 is 2.15. The molecule has 3 rings (SSSR count). The molecule has 2 aromatic rings. The van der Waals surface area contributed by atoms with Gasteiger partial charge in [-0.15, -0.1) is 0 Å². The maximum atomic E-state index is 6.49. The first-order chi connectivity index (χ1) is 10.1. The molecule has 0 spiro atoms. The normalized spacial score (nSPS) is 18.8. The van der Waals surface area contributed by atoms with Crippen molar-refractivity contribution >= 4 is 0 Å². The van der Waals surface area contributed by atoms with Crippen molar-refractivity contribution < 1.29 is 0 Å². The van der Waals surface area contributed by atoms with Crippen LogP contribution in [0, 0.1) is 0 Å². The SMILES string of the molecule is CC(N)(Cc1ccccc1)Cc1ccn(C2CCCC2)n1. The van der Waals surface area contributed by atoms with Crippen LogP contribution in [-0.4, -0.2) is 15.3 Å². The van der Waals surface area contributed by atoms with E-state index in [1.165, 1.54) is 31.2 Å². The number of nitrogens with two attached hydrogens (primary N) is 1. The van der Waals surface area contributed by atoms with E-state index in [1.54, 1.807) is 0 Å². The van der Waals surface area contributed by atoms with Gasteiger partial charge in [0, 0.05) is 18.2 Å². The Labute approximate surface area is 127 Å². The van der Waals surface area contributed by atoms with E-state index >= 15 is 0 Å². The Morgan fingerprint density at radius 2 is 1.86 bits per heavy atom. The third-order valence-corrected chi connectivity index (χ3v) is 4.40. The van der Waals surface area contributed by atoms with Gasteiger partial charge in [-0.2, -0.15) is 5.10 Å². The van der Waals surface area contributed by atoms with Crippen LogP contribution in [-0.2, 0) is 12.8 Å². The molecule has 1 saturated carbocycles. The van der Waals surface area contributed by atoms with Gasteiger partial charge in [0.1, 0.15) is 0 Å². The molecule has 1 unspecified atom stereocenters. The molecule has 1 fully saturated rings. The van der Waals surface area contributed by atoms with Crippen LogP contribution in [0.2, 0.25) is 0 Å². The van der Waals surface area contributed by atoms with E-state index in [-0.39, 0.29) is 5.54 Å². The summed E-state index contributed by atoms with van der Waals surface area (Å²) in [6.07, 6.45) is 9.04. The zero-order valence-electron chi connectivity index (χ0n) is 12.8. The van der Waals surface area contributed by atoms with Gasteiger partial charge in [0.05, 0.1) is 11.7 Å². The van der Waals surface area contributed by atoms with Gasteiger partial charge in [0.25, 0.3) is 0 Å². The van der Waals surface area contributed by atoms with Crippen LogP contribution in [0.1, 0.15) is 49.9 Å². The number of aromatic nitrogens is 2. The van der Waals surface area contributed by atoms with Crippen LogP contribution >= 0.6 is 0 Å². The molecular weight excluding hydrogens is 258 g/mol. The van der Waals surface area contributed by atoms with Crippen molar-refractivity contribution in [3.63, 3.8) is 0 Å². The first kappa shape index (κ1) is 14.3. The number of rotatable bonds is 5. The maximum absolute atomic E-state index is 6.49. The van der Waals surface area contributed by atoms with E-state index < -0.39 is 0 Å². The fourth-order valence-corrected chi connectivity index (χ4v) is 3.38. The molecule has 1 atom stereocenters. The van der Waals surface area contributed by atoms with E-state index in [1.807, 2.05) is 6.07 Å². The Morgan fingerprint density at radius 1 is 1.14 bits per heavy atom. The molecule has 21 heavy (non-hydrogen) atoms. The van der Waals surface area contributed by atoms with Crippen LogP contribution in [0.25, 0.3) is 0 Å². The lowest BCUT2D eigenvalue weighted by molar-refractivity contribution is 0.435. The van der Waals surface area contributed by atoms with E-state index in [4.69, 9.17) is 10.8 Å². The largest absolute Gasteiger partial charge is 0.325 e. The Kier molecular flexibility index (Phi) is 4.11. The summed E-state index contributed by atoms with van der Waals surface area (Å²) in [5, 5.41) is 4.76. The fraction of sp³-hybridized carbons (Fsp3) is 0.500. The van der Waals surface area contributed by atoms with Crippen LogP contribution < -0.4 is 5.73 Å². The van der Waals surface area contributed by atoms with Crippen molar-refractivity contribution in [2.45, 2.75) is 57.0 Å². The molecule has 0 aliphatic heterocycles. The Morgan fingerprint density at radius 3 is 2.57 bits per heavy atom. The predicted octanol–water partition coefficient (Wildman–Crippen LogP) is 3.50. The lowest BCUT2D eigenvalue weighted by atomic mass is 9.89. The zero-order valence-corrected chi connectivity index (χ0v) is 12.8. The minimum atomic E-state index is -0.254. The summed E-state index contributed by atoms with van der Waals surface area (Å²) in [4.78, 5) is 0. The molecule has 3 nitrogen and oxygen atoms in total. The molecule has 1 aromatic carbocycles. The van der Waals surface area contributed by atoms with Gasteiger partial charge in [0.15, 0.2) is 0 Å². The highest BCUT2D eigenvalue weighted by molar-refractivity contribution is 5.18. The fourth-order valence-electron chi connectivity index (χ4n) is 3.38. The number of nitrogens with zero attached hydrogens (tertiary/aromatic N) is 2. The number of hydrogen-bond donors (Lipinski definition) is 1. The second-order valence-electron chi connectivity index (χ2n) is 6.72. The molecule has 2 N–H and O–H groups in total. The van der Waals surface area contributed by atoms with Gasteiger partial charge in [-0.25, -0.2) is 0 Å². The second kappa shape index (κ2) is 6.02. The predicted molar refractivity (Wildman–Crippen MR) is 86.2 cm³/mol. The quantitative estimate of drug-likeness (QED) is 0.912. The van der Waals surface area contributed by atoms with Gasteiger partial charge in [-0.3, -0.25) is 4.68 Å². The zero-order chi connectivity index (χ0) is 14.7. The first-order valence-corrected chi connectivity index (χ1v) is 7.99. The molecule has 1 aliphatic rings. The van der Waals surface area contributed by atoms with Gasteiger partial charge in [0.2, 0.25) is 0 Å². The standard InChI is InChI=1S/C18H25N3/c1-18(19,13-15-7-3-2-4-8-15)14-16-11-12-21(20-16)17-9-5-6-10-17/h2-4,7-8,11-12,17H,5-6,9-10,13-14,19H2,1H3. The van der Waals surface area contributed by atoms with Crippen LogP contribution in [0.5, 0.6) is 0 Å². The molecule has 1 heterocycles. The molecule has 0 radical (unpaired) electrons. The molecule has 0 amide bonds. The molecular formula is C18H25N3.